The maximum absolute atomic E-state index is 13.0. The van der Waals surface area contributed by atoms with E-state index in [0.29, 0.717) is 27.8 Å². The third-order valence-electron chi connectivity index (χ3n) is 9.09. The Labute approximate surface area is 196 Å². The van der Waals surface area contributed by atoms with E-state index in [1.54, 1.807) is 4.57 Å². The quantitative estimate of drug-likeness (QED) is 0.497. The lowest BCUT2D eigenvalue weighted by atomic mass is 9.69. The van der Waals surface area contributed by atoms with Crippen LogP contribution in [0.3, 0.4) is 0 Å². The average molecular weight is 470 g/mol. The fourth-order valence-electron chi connectivity index (χ4n) is 6.23. The van der Waals surface area contributed by atoms with Gasteiger partial charge in [-0.25, -0.2) is 14.8 Å². The van der Waals surface area contributed by atoms with Gasteiger partial charge in [-0.05, 0) is 61.7 Å². The second-order valence-corrected chi connectivity index (χ2v) is 12.2. The molecule has 4 saturated carbocycles. The highest BCUT2D eigenvalue weighted by atomic mass is 32.2. The third kappa shape index (κ3) is 3.29. The van der Waals surface area contributed by atoms with Crippen LogP contribution in [-0.4, -0.2) is 37.2 Å². The molecule has 2 aromatic rings. The van der Waals surface area contributed by atoms with Crippen LogP contribution >= 0.6 is 11.8 Å². The van der Waals surface area contributed by atoms with Gasteiger partial charge >= 0.3 is 5.69 Å². The molecule has 3 atom stereocenters. The summed E-state index contributed by atoms with van der Waals surface area (Å²) in [5.74, 6) is 1.79. The van der Waals surface area contributed by atoms with Crippen LogP contribution < -0.4 is 16.6 Å². The highest BCUT2D eigenvalue weighted by Gasteiger charge is 2.61. The topological polar surface area (TPSA) is 110 Å². The molecule has 9 heteroatoms. The number of hydrogen-bond donors (Lipinski definition) is 2. The van der Waals surface area contributed by atoms with Crippen molar-refractivity contribution in [2.45, 2.75) is 88.7 Å². The summed E-state index contributed by atoms with van der Waals surface area (Å²) in [6.45, 7) is 6.99. The maximum Gasteiger partial charge on any atom is 0.330 e. The molecule has 8 nitrogen and oxygen atoms in total. The van der Waals surface area contributed by atoms with Crippen LogP contribution in [0.25, 0.3) is 11.0 Å². The summed E-state index contributed by atoms with van der Waals surface area (Å²) in [4.78, 5) is 50.1. The Bertz CT molecular complexity index is 1280. The van der Waals surface area contributed by atoms with Gasteiger partial charge < -0.3 is 5.32 Å². The zero-order valence-electron chi connectivity index (χ0n) is 19.4. The lowest BCUT2D eigenvalue weighted by Gasteiger charge is -2.39. The predicted molar refractivity (Wildman–Crippen MR) is 127 cm³/mol. The first-order chi connectivity index (χ1) is 15.7. The summed E-state index contributed by atoms with van der Waals surface area (Å²) in [5.41, 5.74) is -0.0972. The molecule has 0 spiro atoms. The summed E-state index contributed by atoms with van der Waals surface area (Å²) >= 11 is 1.28. The summed E-state index contributed by atoms with van der Waals surface area (Å²) in [6.07, 6.45) is 7.29. The fourth-order valence-corrected chi connectivity index (χ4v) is 7.06. The number of aromatic nitrogens is 4. The minimum atomic E-state index is -0.473. The molecule has 4 aliphatic rings. The van der Waals surface area contributed by atoms with Gasteiger partial charge in [-0.3, -0.25) is 19.1 Å². The van der Waals surface area contributed by atoms with E-state index in [4.69, 9.17) is 0 Å². The number of carbonyl (C=O) groups excluding carboxylic acids is 1. The smallest absolute Gasteiger partial charge is 0.330 e. The fraction of sp³-hybridized carbons (Fsp3) is 0.708. The van der Waals surface area contributed by atoms with Crippen molar-refractivity contribution >= 4 is 28.7 Å². The molecule has 6 rings (SSSR count). The van der Waals surface area contributed by atoms with E-state index in [2.05, 4.69) is 41.0 Å². The number of aromatic amines is 1. The van der Waals surface area contributed by atoms with Crippen molar-refractivity contribution in [1.29, 1.82) is 0 Å². The molecule has 4 fully saturated rings. The van der Waals surface area contributed by atoms with Gasteiger partial charge in [-0.15, -0.1) is 0 Å². The van der Waals surface area contributed by atoms with E-state index in [1.807, 2.05) is 0 Å². The molecular formula is C24H31N5O3S. The zero-order chi connectivity index (χ0) is 23.1. The second-order valence-electron chi connectivity index (χ2n) is 11.2. The van der Waals surface area contributed by atoms with E-state index in [1.165, 1.54) is 18.2 Å². The molecule has 33 heavy (non-hydrogen) atoms. The van der Waals surface area contributed by atoms with Gasteiger partial charge in [0.2, 0.25) is 5.91 Å². The molecule has 0 saturated heterocycles. The van der Waals surface area contributed by atoms with E-state index in [9.17, 15) is 14.4 Å². The van der Waals surface area contributed by atoms with Gasteiger partial charge in [-0.1, -0.05) is 32.5 Å². The summed E-state index contributed by atoms with van der Waals surface area (Å²) in [6, 6.07) is 0.272. The Kier molecular flexibility index (Phi) is 4.64. The van der Waals surface area contributed by atoms with Crippen LogP contribution in [0.2, 0.25) is 0 Å². The minimum Gasteiger partial charge on any atom is -0.352 e. The molecule has 2 bridgehead atoms. The average Bonchev–Trinajstić information content (AvgIpc) is 3.66. The van der Waals surface area contributed by atoms with Gasteiger partial charge in [0.1, 0.15) is 16.2 Å². The number of fused-ring (bicyclic) bond motifs is 3. The van der Waals surface area contributed by atoms with E-state index in [-0.39, 0.29) is 40.5 Å². The van der Waals surface area contributed by atoms with Crippen LogP contribution in [-0.2, 0) is 4.79 Å². The first-order valence-electron chi connectivity index (χ1n) is 12.2. The van der Waals surface area contributed by atoms with Crippen molar-refractivity contribution in [1.82, 2.24) is 24.8 Å². The van der Waals surface area contributed by atoms with Gasteiger partial charge in [0.15, 0.2) is 5.65 Å². The Morgan fingerprint density at radius 3 is 2.52 bits per heavy atom. The molecule has 176 valence electrons. The molecule has 0 unspecified atom stereocenters. The molecule has 2 N–H and O–H groups in total. The van der Waals surface area contributed by atoms with Gasteiger partial charge in [0.05, 0.1) is 5.75 Å². The molecule has 2 aromatic heterocycles. The molecular weight excluding hydrogens is 438 g/mol. The van der Waals surface area contributed by atoms with Crippen molar-refractivity contribution in [3.63, 3.8) is 0 Å². The normalized spacial score (nSPS) is 30.2. The van der Waals surface area contributed by atoms with Crippen LogP contribution in [0.4, 0.5) is 0 Å². The first kappa shape index (κ1) is 21.4. The number of rotatable bonds is 6. The number of nitrogens with zero attached hydrogens (tertiary/aromatic N) is 3. The van der Waals surface area contributed by atoms with Crippen LogP contribution in [0, 0.1) is 16.7 Å². The van der Waals surface area contributed by atoms with Crippen LogP contribution in [0.15, 0.2) is 14.6 Å². The van der Waals surface area contributed by atoms with Crippen molar-refractivity contribution in [3.05, 3.63) is 26.7 Å². The Balaban J connectivity index is 1.28. The molecule has 4 aliphatic carbocycles. The molecule has 2 heterocycles. The van der Waals surface area contributed by atoms with Crippen molar-refractivity contribution in [2.75, 3.05) is 5.75 Å². The van der Waals surface area contributed by atoms with Gasteiger partial charge in [-0.2, -0.15) is 0 Å². The summed E-state index contributed by atoms with van der Waals surface area (Å²) < 4.78 is 1.62. The summed E-state index contributed by atoms with van der Waals surface area (Å²) in [5, 5.41) is 4.13. The lowest BCUT2D eigenvalue weighted by molar-refractivity contribution is -0.120. The minimum absolute atomic E-state index is 0.0266. The zero-order valence-corrected chi connectivity index (χ0v) is 20.3. The first-order valence-corrected chi connectivity index (χ1v) is 13.2. The van der Waals surface area contributed by atoms with E-state index < -0.39 is 11.2 Å². The summed E-state index contributed by atoms with van der Waals surface area (Å²) in [7, 11) is 0. The predicted octanol–water partition coefficient (Wildman–Crippen LogP) is 3.12. The van der Waals surface area contributed by atoms with Crippen LogP contribution in [0.1, 0.15) is 83.5 Å². The standard InChI is InChI=1S/C24H31N5O3S/c1-23(2)13-8-9-24(23,3)15(10-13)25-16(30)11-33-21-17-19(26-18(27-21)12-4-5-12)29(14-6-7-14)22(32)28-20(17)31/h12-15H,4-11H2,1-3H3,(H,25,30)(H,28,31,32)/t13-,15-,24-/m0/s1. The highest BCUT2D eigenvalue weighted by Crippen LogP contribution is 2.65. The largest absolute Gasteiger partial charge is 0.352 e. The monoisotopic (exact) mass is 469 g/mol. The Morgan fingerprint density at radius 2 is 1.91 bits per heavy atom. The molecule has 0 aliphatic heterocycles. The lowest BCUT2D eigenvalue weighted by Crippen LogP contribution is -2.47. The number of amides is 1. The van der Waals surface area contributed by atoms with Crippen molar-refractivity contribution < 1.29 is 4.79 Å². The van der Waals surface area contributed by atoms with E-state index in [0.717, 1.165) is 38.5 Å². The Morgan fingerprint density at radius 1 is 1.15 bits per heavy atom. The highest BCUT2D eigenvalue weighted by molar-refractivity contribution is 8.00. The number of carbonyl (C=O) groups is 1. The number of thioether (sulfide) groups is 1. The van der Waals surface area contributed by atoms with Crippen LogP contribution in [0.5, 0.6) is 0 Å². The third-order valence-corrected chi connectivity index (χ3v) is 10.1. The molecule has 0 radical (unpaired) electrons. The van der Waals surface area contributed by atoms with Gasteiger partial charge in [0, 0.05) is 18.0 Å². The van der Waals surface area contributed by atoms with Crippen molar-refractivity contribution in [3.8, 4) is 0 Å². The number of hydrogen-bond acceptors (Lipinski definition) is 6. The maximum atomic E-state index is 13.0. The second kappa shape index (κ2) is 7.17. The van der Waals surface area contributed by atoms with Gasteiger partial charge in [0.25, 0.3) is 5.56 Å². The number of H-pyrrole nitrogens is 1. The van der Waals surface area contributed by atoms with E-state index >= 15 is 0 Å². The SMILES string of the molecule is CC1(C)[C@H]2CC[C@@]1(C)[C@@H](NC(=O)CSc1nc(C3CC3)nc3c1c(=O)[nH]c(=O)n3C1CC1)C2. The molecule has 0 aromatic carbocycles. The Hall–Kier alpha value is -2.16. The number of nitrogens with one attached hydrogen (secondary N) is 2. The van der Waals surface area contributed by atoms with Crippen molar-refractivity contribution in [2.24, 2.45) is 16.7 Å². The molecule has 1 amide bonds.